The van der Waals surface area contributed by atoms with Crippen LogP contribution < -0.4 is 5.32 Å². The van der Waals surface area contributed by atoms with Gasteiger partial charge in [0, 0.05) is 11.8 Å². The van der Waals surface area contributed by atoms with E-state index in [1.54, 1.807) is 0 Å². The molecule has 0 unspecified atom stereocenters. The Hall–Kier alpha value is -1.00. The first-order valence-electron chi connectivity index (χ1n) is 6.87. The van der Waals surface area contributed by atoms with Gasteiger partial charge >= 0.3 is 0 Å². The van der Waals surface area contributed by atoms with E-state index >= 15 is 0 Å². The van der Waals surface area contributed by atoms with Crippen molar-refractivity contribution in [1.29, 1.82) is 0 Å². The normalized spacial score (nSPS) is 13.1. The molecule has 1 atom stereocenters. The third kappa shape index (κ3) is 3.74. The van der Waals surface area contributed by atoms with E-state index in [2.05, 4.69) is 55.1 Å². The molecule has 4 heteroatoms. The van der Waals surface area contributed by atoms with Gasteiger partial charge in [0.1, 0.15) is 5.82 Å². The van der Waals surface area contributed by atoms with E-state index in [0.717, 1.165) is 29.2 Å². The Kier molecular flexibility index (Phi) is 4.88. The highest BCUT2D eigenvalue weighted by atomic mass is 32.2. The van der Waals surface area contributed by atoms with Crippen molar-refractivity contribution in [3.05, 3.63) is 29.1 Å². The molecule has 0 saturated heterocycles. The molecule has 0 fully saturated rings. The van der Waals surface area contributed by atoms with Gasteiger partial charge in [-0.25, -0.2) is 4.98 Å². The Morgan fingerprint density at radius 3 is 2.79 bits per heavy atom. The first-order valence-corrected chi connectivity index (χ1v) is 8.02. The highest BCUT2D eigenvalue weighted by Crippen LogP contribution is 2.17. The molecule has 0 bridgehead atoms. The number of imidazole rings is 1. The maximum absolute atomic E-state index is 4.64. The number of aromatic nitrogens is 2. The van der Waals surface area contributed by atoms with Crippen molar-refractivity contribution >= 4 is 22.8 Å². The molecule has 0 aliphatic carbocycles. The Labute approximate surface area is 119 Å². The van der Waals surface area contributed by atoms with E-state index in [1.807, 2.05) is 11.8 Å². The quantitative estimate of drug-likeness (QED) is 0.850. The largest absolute Gasteiger partial charge is 0.341 e. The Bertz CT molecular complexity index is 509. The van der Waals surface area contributed by atoms with Crippen LogP contribution in [-0.2, 0) is 6.54 Å². The Balaban J connectivity index is 2.01. The molecule has 0 radical (unpaired) electrons. The van der Waals surface area contributed by atoms with Crippen LogP contribution in [-0.4, -0.2) is 27.5 Å². The smallest absolute Gasteiger partial charge is 0.121 e. The number of hydrogen-bond donors (Lipinski definition) is 2. The summed E-state index contributed by atoms with van der Waals surface area (Å²) >= 11 is 1.97. The molecule has 0 amide bonds. The summed E-state index contributed by atoms with van der Waals surface area (Å²) in [5.41, 5.74) is 4.81. The summed E-state index contributed by atoms with van der Waals surface area (Å²) in [6.07, 6.45) is 0. The summed E-state index contributed by atoms with van der Waals surface area (Å²) in [4.78, 5) is 8.04. The minimum absolute atomic E-state index is 0.515. The maximum Gasteiger partial charge on any atom is 0.121 e. The monoisotopic (exact) mass is 277 g/mol. The topological polar surface area (TPSA) is 40.7 Å². The fourth-order valence-corrected chi connectivity index (χ4v) is 2.74. The lowest BCUT2D eigenvalue weighted by Gasteiger charge is -2.11. The molecule has 2 aromatic rings. The third-order valence-electron chi connectivity index (χ3n) is 3.34. The SMILES string of the molecule is CCSC[C@@H](C)NCc1nc2cc(C)c(C)cc2[nH]1. The summed E-state index contributed by atoms with van der Waals surface area (Å²) in [5, 5.41) is 3.51. The highest BCUT2D eigenvalue weighted by molar-refractivity contribution is 7.99. The van der Waals surface area contributed by atoms with Gasteiger partial charge < -0.3 is 10.3 Å². The number of fused-ring (bicyclic) bond motifs is 1. The van der Waals surface area contributed by atoms with Crippen molar-refractivity contribution in [2.24, 2.45) is 0 Å². The van der Waals surface area contributed by atoms with Gasteiger partial charge in [0.25, 0.3) is 0 Å². The van der Waals surface area contributed by atoms with Crippen LogP contribution in [0.5, 0.6) is 0 Å². The standard InChI is InChI=1S/C15H23N3S/c1-5-19-9-12(4)16-8-15-17-13-6-10(2)11(3)7-14(13)18-15/h6-7,12,16H,5,8-9H2,1-4H3,(H,17,18)/t12-/m1/s1. The van der Waals surface area contributed by atoms with Crippen LogP contribution in [0.4, 0.5) is 0 Å². The predicted octanol–water partition coefficient (Wildman–Crippen LogP) is 3.41. The molecule has 3 nitrogen and oxygen atoms in total. The van der Waals surface area contributed by atoms with Crippen molar-refractivity contribution in [3.8, 4) is 0 Å². The van der Waals surface area contributed by atoms with E-state index in [-0.39, 0.29) is 0 Å². The number of H-pyrrole nitrogens is 1. The second-order valence-corrected chi connectivity index (χ2v) is 6.40. The molecule has 0 aliphatic heterocycles. The molecule has 2 N–H and O–H groups in total. The summed E-state index contributed by atoms with van der Waals surface area (Å²) < 4.78 is 0. The molecule has 1 aromatic heterocycles. The van der Waals surface area contributed by atoms with Crippen LogP contribution in [0.25, 0.3) is 11.0 Å². The summed E-state index contributed by atoms with van der Waals surface area (Å²) in [6.45, 7) is 9.49. The van der Waals surface area contributed by atoms with Crippen LogP contribution in [0, 0.1) is 13.8 Å². The second-order valence-electron chi connectivity index (χ2n) is 5.08. The fraction of sp³-hybridized carbons (Fsp3) is 0.533. The van der Waals surface area contributed by atoms with Crippen LogP contribution in [0.3, 0.4) is 0 Å². The molecule has 1 aromatic carbocycles. The predicted molar refractivity (Wildman–Crippen MR) is 84.9 cm³/mol. The van der Waals surface area contributed by atoms with E-state index < -0.39 is 0 Å². The summed E-state index contributed by atoms with van der Waals surface area (Å²) in [5.74, 6) is 3.35. The van der Waals surface area contributed by atoms with E-state index in [0.29, 0.717) is 6.04 Å². The van der Waals surface area contributed by atoms with E-state index in [1.165, 1.54) is 16.9 Å². The number of nitrogens with zero attached hydrogens (tertiary/aromatic N) is 1. The first-order chi connectivity index (χ1) is 9.10. The molecule has 0 saturated carbocycles. The van der Waals surface area contributed by atoms with Crippen LogP contribution in [0.2, 0.25) is 0 Å². The number of aryl methyl sites for hydroxylation is 2. The second kappa shape index (κ2) is 6.44. The molecule has 0 spiro atoms. The van der Waals surface area contributed by atoms with Gasteiger partial charge in [0.2, 0.25) is 0 Å². The van der Waals surface area contributed by atoms with Gasteiger partial charge in [0.05, 0.1) is 17.6 Å². The minimum Gasteiger partial charge on any atom is -0.341 e. The zero-order valence-corrected chi connectivity index (χ0v) is 13.0. The molecular formula is C15H23N3S. The van der Waals surface area contributed by atoms with Crippen molar-refractivity contribution in [2.75, 3.05) is 11.5 Å². The van der Waals surface area contributed by atoms with Crippen molar-refractivity contribution in [3.63, 3.8) is 0 Å². The Morgan fingerprint density at radius 2 is 2.05 bits per heavy atom. The summed E-state index contributed by atoms with van der Waals surface area (Å²) in [7, 11) is 0. The molecule has 0 aliphatic rings. The number of thioether (sulfide) groups is 1. The number of benzene rings is 1. The van der Waals surface area contributed by atoms with Crippen LogP contribution >= 0.6 is 11.8 Å². The van der Waals surface area contributed by atoms with Gasteiger partial charge in [-0.3, -0.25) is 0 Å². The van der Waals surface area contributed by atoms with Crippen molar-refractivity contribution < 1.29 is 0 Å². The number of rotatable bonds is 6. The zero-order valence-electron chi connectivity index (χ0n) is 12.2. The van der Waals surface area contributed by atoms with Crippen molar-refractivity contribution in [2.45, 2.75) is 40.3 Å². The van der Waals surface area contributed by atoms with Crippen LogP contribution in [0.1, 0.15) is 30.8 Å². The van der Waals surface area contributed by atoms with Gasteiger partial charge in [-0.15, -0.1) is 0 Å². The average Bonchev–Trinajstić information content (AvgIpc) is 2.76. The van der Waals surface area contributed by atoms with E-state index in [9.17, 15) is 0 Å². The van der Waals surface area contributed by atoms with Gasteiger partial charge in [-0.2, -0.15) is 11.8 Å². The zero-order chi connectivity index (χ0) is 13.8. The lowest BCUT2D eigenvalue weighted by molar-refractivity contribution is 0.582. The van der Waals surface area contributed by atoms with Crippen molar-refractivity contribution in [1.82, 2.24) is 15.3 Å². The molecule has 104 valence electrons. The number of hydrogen-bond acceptors (Lipinski definition) is 3. The fourth-order valence-electron chi connectivity index (χ4n) is 2.03. The summed E-state index contributed by atoms with van der Waals surface area (Å²) in [6, 6.07) is 4.85. The highest BCUT2D eigenvalue weighted by Gasteiger charge is 2.06. The molecule has 1 heterocycles. The molecule has 19 heavy (non-hydrogen) atoms. The van der Waals surface area contributed by atoms with E-state index in [4.69, 9.17) is 0 Å². The molecular weight excluding hydrogens is 254 g/mol. The Morgan fingerprint density at radius 1 is 1.32 bits per heavy atom. The van der Waals surface area contributed by atoms with Gasteiger partial charge in [0.15, 0.2) is 0 Å². The third-order valence-corrected chi connectivity index (χ3v) is 4.48. The average molecular weight is 277 g/mol. The maximum atomic E-state index is 4.64. The minimum atomic E-state index is 0.515. The molecule has 2 rings (SSSR count). The lowest BCUT2D eigenvalue weighted by atomic mass is 10.1. The van der Waals surface area contributed by atoms with Gasteiger partial charge in [-0.1, -0.05) is 6.92 Å². The lowest BCUT2D eigenvalue weighted by Crippen LogP contribution is -2.28. The first kappa shape index (κ1) is 14.4. The van der Waals surface area contributed by atoms with Crippen LogP contribution in [0.15, 0.2) is 12.1 Å². The van der Waals surface area contributed by atoms with Gasteiger partial charge in [-0.05, 0) is 49.8 Å². The number of nitrogens with one attached hydrogen (secondary N) is 2. The number of aromatic amines is 1.